The third-order valence-corrected chi connectivity index (χ3v) is 2.28. The fourth-order valence-electron chi connectivity index (χ4n) is 1.30. The van der Waals surface area contributed by atoms with Crippen molar-refractivity contribution in [3.8, 4) is 0 Å². The molecule has 0 saturated carbocycles. The highest BCUT2D eigenvalue weighted by atomic mass is 35.5. The molecule has 1 aromatic carbocycles. The summed E-state index contributed by atoms with van der Waals surface area (Å²) in [6.45, 7) is 0. The van der Waals surface area contributed by atoms with Crippen LogP contribution >= 0.6 is 11.6 Å². The van der Waals surface area contributed by atoms with Crippen LogP contribution in [-0.4, -0.2) is 17.0 Å². The first kappa shape index (κ1) is 9.93. The average molecular weight is 220 g/mol. The number of benzene rings is 1. The third-order valence-electron chi connectivity index (χ3n) is 2.10. The number of rotatable bonds is 2. The predicted octanol–water partition coefficient (Wildman–Crippen LogP) is 2.90. The van der Waals surface area contributed by atoms with E-state index in [1.807, 2.05) is 48.3 Å². The number of hydrogen-bond donors (Lipinski definition) is 0. The van der Waals surface area contributed by atoms with Gasteiger partial charge in [-0.25, -0.2) is 9.97 Å². The third kappa shape index (κ3) is 2.25. The zero-order chi connectivity index (χ0) is 10.7. The van der Waals surface area contributed by atoms with Crippen molar-refractivity contribution in [1.29, 1.82) is 0 Å². The predicted molar refractivity (Wildman–Crippen MR) is 61.5 cm³/mol. The molecule has 2 aromatic rings. The van der Waals surface area contributed by atoms with Gasteiger partial charge in [-0.15, -0.1) is 0 Å². The first-order chi connectivity index (χ1) is 7.27. The van der Waals surface area contributed by atoms with Crippen molar-refractivity contribution in [2.24, 2.45) is 0 Å². The molecule has 0 radical (unpaired) electrons. The van der Waals surface area contributed by atoms with Crippen LogP contribution in [0.15, 0.2) is 42.6 Å². The van der Waals surface area contributed by atoms with Crippen molar-refractivity contribution < 1.29 is 0 Å². The molecular formula is C11H10ClN3. The molecule has 15 heavy (non-hydrogen) atoms. The second-order valence-electron chi connectivity index (χ2n) is 3.08. The van der Waals surface area contributed by atoms with E-state index in [0.29, 0.717) is 0 Å². The minimum atomic E-state index is 0.260. The number of anilines is 2. The van der Waals surface area contributed by atoms with E-state index in [1.165, 1.54) is 0 Å². The van der Waals surface area contributed by atoms with Crippen molar-refractivity contribution in [2.45, 2.75) is 0 Å². The van der Waals surface area contributed by atoms with E-state index >= 15 is 0 Å². The summed E-state index contributed by atoms with van der Waals surface area (Å²) in [6, 6.07) is 11.8. The zero-order valence-corrected chi connectivity index (χ0v) is 9.02. The quantitative estimate of drug-likeness (QED) is 0.728. The summed E-state index contributed by atoms with van der Waals surface area (Å²) in [5, 5.41) is 0.260. The molecule has 0 aliphatic heterocycles. The summed E-state index contributed by atoms with van der Waals surface area (Å²) in [4.78, 5) is 9.93. The Balaban J connectivity index is 2.32. The smallest absolute Gasteiger partial charge is 0.224 e. The van der Waals surface area contributed by atoms with E-state index in [0.717, 1.165) is 11.5 Å². The summed E-state index contributed by atoms with van der Waals surface area (Å²) in [5.74, 6) is 0.779. The number of nitrogens with zero attached hydrogens (tertiary/aromatic N) is 3. The van der Waals surface area contributed by atoms with Gasteiger partial charge in [0.15, 0.2) is 0 Å². The molecular weight excluding hydrogens is 210 g/mol. The van der Waals surface area contributed by atoms with Crippen LogP contribution in [0.4, 0.5) is 11.5 Å². The summed E-state index contributed by atoms with van der Waals surface area (Å²) < 4.78 is 0. The molecule has 0 unspecified atom stereocenters. The average Bonchev–Trinajstić information content (AvgIpc) is 2.29. The molecule has 2 rings (SSSR count). The van der Waals surface area contributed by atoms with Crippen molar-refractivity contribution in [1.82, 2.24) is 9.97 Å². The molecule has 0 saturated heterocycles. The number of aromatic nitrogens is 2. The first-order valence-electron chi connectivity index (χ1n) is 4.55. The van der Waals surface area contributed by atoms with Gasteiger partial charge in [0.25, 0.3) is 0 Å². The van der Waals surface area contributed by atoms with E-state index < -0.39 is 0 Å². The van der Waals surface area contributed by atoms with Crippen LogP contribution in [0.5, 0.6) is 0 Å². The molecule has 0 N–H and O–H groups in total. The largest absolute Gasteiger partial charge is 0.329 e. The Labute approximate surface area is 93.4 Å². The second kappa shape index (κ2) is 4.28. The van der Waals surface area contributed by atoms with Crippen molar-refractivity contribution in [2.75, 3.05) is 11.9 Å². The van der Waals surface area contributed by atoms with Crippen LogP contribution in [0.1, 0.15) is 0 Å². The van der Waals surface area contributed by atoms with Crippen molar-refractivity contribution >= 4 is 23.1 Å². The van der Waals surface area contributed by atoms with Crippen LogP contribution < -0.4 is 4.90 Å². The summed E-state index contributed by atoms with van der Waals surface area (Å²) in [7, 11) is 1.94. The van der Waals surface area contributed by atoms with Gasteiger partial charge in [-0.3, -0.25) is 0 Å². The topological polar surface area (TPSA) is 29.0 Å². The normalized spacial score (nSPS) is 10.0. The van der Waals surface area contributed by atoms with Crippen LogP contribution in [0.2, 0.25) is 5.28 Å². The Morgan fingerprint density at radius 3 is 2.53 bits per heavy atom. The number of hydrogen-bond acceptors (Lipinski definition) is 3. The fraction of sp³-hybridized carbons (Fsp3) is 0.0909. The standard InChI is InChI=1S/C11H10ClN3/c1-15(9-5-3-2-4-6-9)10-7-8-13-11(12)14-10/h2-8H,1H3. The van der Waals surface area contributed by atoms with Gasteiger partial charge in [0.1, 0.15) is 5.82 Å². The molecule has 0 bridgehead atoms. The van der Waals surface area contributed by atoms with Gasteiger partial charge < -0.3 is 4.90 Å². The van der Waals surface area contributed by atoms with Crippen molar-refractivity contribution in [3.63, 3.8) is 0 Å². The van der Waals surface area contributed by atoms with Gasteiger partial charge in [-0.2, -0.15) is 0 Å². The van der Waals surface area contributed by atoms with E-state index in [4.69, 9.17) is 11.6 Å². The Hall–Kier alpha value is -1.61. The van der Waals surface area contributed by atoms with E-state index in [1.54, 1.807) is 6.20 Å². The zero-order valence-electron chi connectivity index (χ0n) is 8.26. The van der Waals surface area contributed by atoms with Crippen LogP contribution in [0, 0.1) is 0 Å². The molecule has 1 heterocycles. The van der Waals surface area contributed by atoms with Crippen LogP contribution in [-0.2, 0) is 0 Å². The lowest BCUT2D eigenvalue weighted by Crippen LogP contribution is -2.11. The van der Waals surface area contributed by atoms with Crippen LogP contribution in [0.25, 0.3) is 0 Å². The lowest BCUT2D eigenvalue weighted by atomic mass is 10.3. The lowest BCUT2D eigenvalue weighted by Gasteiger charge is -2.17. The highest BCUT2D eigenvalue weighted by Crippen LogP contribution is 2.21. The Morgan fingerprint density at radius 1 is 1.13 bits per heavy atom. The van der Waals surface area contributed by atoms with Gasteiger partial charge >= 0.3 is 0 Å². The highest BCUT2D eigenvalue weighted by molar-refractivity contribution is 6.28. The van der Waals surface area contributed by atoms with E-state index in [2.05, 4.69) is 9.97 Å². The summed E-state index contributed by atoms with van der Waals surface area (Å²) in [6.07, 6.45) is 1.64. The molecule has 0 aliphatic rings. The van der Waals surface area contributed by atoms with E-state index in [-0.39, 0.29) is 5.28 Å². The van der Waals surface area contributed by atoms with Gasteiger partial charge in [0.05, 0.1) is 0 Å². The van der Waals surface area contributed by atoms with Gasteiger partial charge in [0.2, 0.25) is 5.28 Å². The van der Waals surface area contributed by atoms with Gasteiger partial charge in [0, 0.05) is 18.9 Å². The second-order valence-corrected chi connectivity index (χ2v) is 3.42. The van der Waals surface area contributed by atoms with E-state index in [9.17, 15) is 0 Å². The SMILES string of the molecule is CN(c1ccccc1)c1ccnc(Cl)n1. The molecule has 0 aliphatic carbocycles. The fourth-order valence-corrected chi connectivity index (χ4v) is 1.44. The maximum Gasteiger partial charge on any atom is 0.224 e. The molecule has 0 spiro atoms. The Kier molecular flexibility index (Phi) is 2.83. The number of halogens is 1. The van der Waals surface area contributed by atoms with Crippen molar-refractivity contribution in [3.05, 3.63) is 47.9 Å². The van der Waals surface area contributed by atoms with Crippen LogP contribution in [0.3, 0.4) is 0 Å². The Morgan fingerprint density at radius 2 is 1.87 bits per heavy atom. The molecule has 4 heteroatoms. The molecule has 0 atom stereocenters. The van der Waals surface area contributed by atoms with Gasteiger partial charge in [-0.05, 0) is 29.8 Å². The summed E-state index contributed by atoms with van der Waals surface area (Å²) in [5.41, 5.74) is 1.06. The number of para-hydroxylation sites is 1. The highest BCUT2D eigenvalue weighted by Gasteiger charge is 2.04. The molecule has 0 amide bonds. The Bertz CT molecular complexity index is 445. The monoisotopic (exact) mass is 219 g/mol. The molecule has 3 nitrogen and oxygen atoms in total. The van der Waals surface area contributed by atoms with Gasteiger partial charge in [-0.1, -0.05) is 18.2 Å². The summed E-state index contributed by atoms with van der Waals surface area (Å²) >= 11 is 5.73. The maximum atomic E-state index is 5.73. The lowest BCUT2D eigenvalue weighted by molar-refractivity contribution is 1.08. The molecule has 1 aromatic heterocycles. The minimum absolute atomic E-state index is 0.260. The molecule has 0 fully saturated rings. The first-order valence-corrected chi connectivity index (χ1v) is 4.92. The minimum Gasteiger partial charge on any atom is -0.329 e. The maximum absolute atomic E-state index is 5.73. The molecule has 76 valence electrons.